The van der Waals surface area contributed by atoms with Crippen LogP contribution in [0, 0.1) is 0 Å². The van der Waals surface area contributed by atoms with Gasteiger partial charge in [0.2, 0.25) is 0 Å². The highest BCUT2D eigenvalue weighted by atomic mass is 16.6. The predicted octanol–water partition coefficient (Wildman–Crippen LogP) is 3.38. The van der Waals surface area contributed by atoms with E-state index in [2.05, 4.69) is 37.4 Å². The zero-order valence-electron chi connectivity index (χ0n) is 13.8. The van der Waals surface area contributed by atoms with Crippen molar-refractivity contribution in [3.8, 4) is 0 Å². The van der Waals surface area contributed by atoms with Crippen molar-refractivity contribution >= 4 is 6.09 Å². The average Bonchev–Trinajstić information content (AvgIpc) is 2.37. The molecule has 1 aromatic carbocycles. The van der Waals surface area contributed by atoms with Crippen molar-refractivity contribution in [3.63, 3.8) is 0 Å². The molecule has 0 fully saturated rings. The van der Waals surface area contributed by atoms with Gasteiger partial charge in [0, 0.05) is 19.0 Å². The molecule has 21 heavy (non-hydrogen) atoms. The third-order valence-electron chi connectivity index (χ3n) is 3.22. The molecule has 0 saturated carbocycles. The lowest BCUT2D eigenvalue weighted by Gasteiger charge is -2.22. The van der Waals surface area contributed by atoms with Crippen LogP contribution in [0.4, 0.5) is 4.79 Å². The van der Waals surface area contributed by atoms with E-state index in [1.807, 2.05) is 26.8 Å². The summed E-state index contributed by atoms with van der Waals surface area (Å²) in [6.07, 6.45) is -0.402. The van der Waals surface area contributed by atoms with Crippen LogP contribution in [0.25, 0.3) is 0 Å². The molecule has 0 radical (unpaired) electrons. The molecule has 0 spiro atoms. The number of ether oxygens (including phenoxy) is 1. The molecule has 118 valence electrons. The van der Waals surface area contributed by atoms with E-state index in [0.717, 1.165) is 5.56 Å². The van der Waals surface area contributed by atoms with Gasteiger partial charge in [0.25, 0.3) is 0 Å². The fraction of sp³-hybridized carbons (Fsp3) is 0.588. The molecule has 4 nitrogen and oxygen atoms in total. The topological polar surface area (TPSA) is 64.3 Å². The van der Waals surface area contributed by atoms with Crippen LogP contribution < -0.4 is 11.1 Å². The number of hydrogen-bond acceptors (Lipinski definition) is 3. The molecule has 0 aliphatic carbocycles. The Hall–Kier alpha value is -1.55. The summed E-state index contributed by atoms with van der Waals surface area (Å²) in [5.41, 5.74) is 7.80. The summed E-state index contributed by atoms with van der Waals surface area (Å²) >= 11 is 0. The van der Waals surface area contributed by atoms with Crippen LogP contribution in [0.3, 0.4) is 0 Å². The highest BCUT2D eigenvalue weighted by molar-refractivity contribution is 5.67. The van der Waals surface area contributed by atoms with E-state index in [9.17, 15) is 4.79 Å². The number of nitrogens with one attached hydrogen (secondary N) is 1. The Morgan fingerprint density at radius 1 is 1.29 bits per heavy atom. The number of benzene rings is 1. The van der Waals surface area contributed by atoms with Crippen LogP contribution >= 0.6 is 0 Å². The molecule has 0 heterocycles. The number of nitrogens with two attached hydrogens (primary N) is 1. The van der Waals surface area contributed by atoms with E-state index >= 15 is 0 Å². The largest absolute Gasteiger partial charge is 0.444 e. The second-order valence-corrected chi connectivity index (χ2v) is 6.64. The van der Waals surface area contributed by atoms with Gasteiger partial charge in [-0.1, -0.05) is 38.1 Å². The van der Waals surface area contributed by atoms with E-state index in [0.29, 0.717) is 19.0 Å². The molecule has 4 heteroatoms. The summed E-state index contributed by atoms with van der Waals surface area (Å²) in [6.45, 7) is 10.8. The molecule has 1 atom stereocenters. The summed E-state index contributed by atoms with van der Waals surface area (Å²) in [5, 5.41) is 2.80. The van der Waals surface area contributed by atoms with Crippen LogP contribution in [-0.2, 0) is 4.74 Å². The van der Waals surface area contributed by atoms with Crippen LogP contribution in [0.15, 0.2) is 24.3 Å². The van der Waals surface area contributed by atoms with Gasteiger partial charge in [0.1, 0.15) is 5.60 Å². The predicted molar refractivity (Wildman–Crippen MR) is 86.6 cm³/mol. The Bertz CT molecular complexity index is 464. The molecule has 0 aliphatic heterocycles. The molecule has 1 unspecified atom stereocenters. The normalized spacial score (nSPS) is 13.1. The lowest BCUT2D eigenvalue weighted by Crippen LogP contribution is -2.36. The van der Waals surface area contributed by atoms with Crippen molar-refractivity contribution in [3.05, 3.63) is 35.4 Å². The van der Waals surface area contributed by atoms with Crippen molar-refractivity contribution in [2.24, 2.45) is 5.73 Å². The first kappa shape index (κ1) is 17.5. The molecule has 1 amide bonds. The number of carbonyl (C=O) groups is 1. The smallest absolute Gasteiger partial charge is 0.407 e. The fourth-order valence-corrected chi connectivity index (χ4v) is 2.03. The number of rotatable bonds is 5. The van der Waals surface area contributed by atoms with E-state index in [4.69, 9.17) is 10.5 Å². The zero-order valence-corrected chi connectivity index (χ0v) is 13.8. The molecule has 0 aliphatic rings. The minimum Gasteiger partial charge on any atom is -0.444 e. The van der Waals surface area contributed by atoms with Gasteiger partial charge in [0.05, 0.1) is 0 Å². The van der Waals surface area contributed by atoms with Crippen LogP contribution in [-0.4, -0.2) is 24.8 Å². The van der Waals surface area contributed by atoms with Gasteiger partial charge in [-0.25, -0.2) is 4.79 Å². The van der Waals surface area contributed by atoms with Crippen molar-refractivity contribution in [2.45, 2.75) is 52.1 Å². The highest BCUT2D eigenvalue weighted by Gasteiger charge is 2.18. The van der Waals surface area contributed by atoms with Crippen LogP contribution in [0.5, 0.6) is 0 Å². The average molecular weight is 292 g/mol. The first-order chi connectivity index (χ1) is 9.73. The molecule has 0 bridgehead atoms. The lowest BCUT2D eigenvalue weighted by molar-refractivity contribution is 0.0525. The third-order valence-corrected chi connectivity index (χ3v) is 3.22. The molecule has 1 aromatic rings. The number of carbonyl (C=O) groups excluding carboxylic acids is 1. The molecular formula is C17H28N2O2. The first-order valence-electron chi connectivity index (χ1n) is 7.49. The highest BCUT2D eigenvalue weighted by Crippen LogP contribution is 2.20. The van der Waals surface area contributed by atoms with Crippen molar-refractivity contribution in [1.29, 1.82) is 0 Å². The lowest BCUT2D eigenvalue weighted by atomic mass is 9.94. The second kappa shape index (κ2) is 7.46. The van der Waals surface area contributed by atoms with Gasteiger partial charge in [-0.3, -0.25) is 0 Å². The quantitative estimate of drug-likeness (QED) is 0.874. The summed E-state index contributed by atoms with van der Waals surface area (Å²) in [6, 6.07) is 8.38. The van der Waals surface area contributed by atoms with Crippen molar-refractivity contribution in [1.82, 2.24) is 5.32 Å². The minimum absolute atomic E-state index is 0.0937. The van der Waals surface area contributed by atoms with E-state index in [-0.39, 0.29) is 5.92 Å². The van der Waals surface area contributed by atoms with E-state index in [1.54, 1.807) is 0 Å². The summed E-state index contributed by atoms with van der Waals surface area (Å²) in [7, 11) is 0. The van der Waals surface area contributed by atoms with Gasteiger partial charge in [-0.05, 0) is 37.8 Å². The Morgan fingerprint density at radius 3 is 2.43 bits per heavy atom. The Morgan fingerprint density at radius 2 is 1.90 bits per heavy atom. The Balaban J connectivity index is 2.67. The summed E-state index contributed by atoms with van der Waals surface area (Å²) in [5.74, 6) is 0.568. The zero-order chi connectivity index (χ0) is 16.0. The Kier molecular flexibility index (Phi) is 6.21. The van der Waals surface area contributed by atoms with Crippen LogP contribution in [0.1, 0.15) is 57.6 Å². The van der Waals surface area contributed by atoms with E-state index in [1.165, 1.54) is 5.56 Å². The third kappa shape index (κ3) is 6.17. The standard InChI is InChI=1S/C17H28N2O2/c1-12(2)13-7-6-8-14(9-13)15(10-18)11-19-16(20)21-17(3,4)5/h6-9,12,15H,10-11,18H2,1-5H3,(H,19,20). The fourth-order valence-electron chi connectivity index (χ4n) is 2.03. The van der Waals surface area contributed by atoms with Gasteiger partial charge in [0.15, 0.2) is 0 Å². The van der Waals surface area contributed by atoms with Gasteiger partial charge in [-0.15, -0.1) is 0 Å². The maximum absolute atomic E-state index is 11.7. The van der Waals surface area contributed by atoms with E-state index < -0.39 is 11.7 Å². The second-order valence-electron chi connectivity index (χ2n) is 6.64. The molecular weight excluding hydrogens is 264 g/mol. The van der Waals surface area contributed by atoms with Crippen molar-refractivity contribution in [2.75, 3.05) is 13.1 Å². The number of alkyl carbamates (subject to hydrolysis) is 1. The first-order valence-corrected chi connectivity index (χ1v) is 7.49. The SMILES string of the molecule is CC(C)c1cccc(C(CN)CNC(=O)OC(C)(C)C)c1. The van der Waals surface area contributed by atoms with Gasteiger partial charge >= 0.3 is 6.09 Å². The molecule has 3 N–H and O–H groups in total. The maximum Gasteiger partial charge on any atom is 0.407 e. The van der Waals surface area contributed by atoms with Crippen LogP contribution in [0.2, 0.25) is 0 Å². The number of hydrogen-bond donors (Lipinski definition) is 2. The van der Waals surface area contributed by atoms with Crippen molar-refractivity contribution < 1.29 is 9.53 Å². The maximum atomic E-state index is 11.7. The van der Waals surface area contributed by atoms with Gasteiger partial charge in [-0.2, -0.15) is 0 Å². The van der Waals surface area contributed by atoms with Gasteiger partial charge < -0.3 is 15.8 Å². The number of amides is 1. The summed E-state index contributed by atoms with van der Waals surface area (Å²) in [4.78, 5) is 11.7. The summed E-state index contributed by atoms with van der Waals surface area (Å²) < 4.78 is 5.24. The molecule has 0 saturated heterocycles. The molecule has 1 rings (SSSR count). The Labute approximate surface area is 128 Å². The minimum atomic E-state index is -0.486. The monoisotopic (exact) mass is 292 g/mol. The molecule has 0 aromatic heterocycles.